The number of allylic oxidation sites excluding steroid dienone is 1. The number of carbonyl (C=O) groups excluding carboxylic acids is 5. The minimum Gasteiger partial charge on any atom is -0.459 e. The second-order valence-electron chi connectivity index (χ2n) is 11.7. The zero-order valence-corrected chi connectivity index (χ0v) is 25.2. The zero-order chi connectivity index (χ0) is 31.4. The number of esters is 5. The van der Waals surface area contributed by atoms with E-state index in [4.69, 9.17) is 40.0 Å². The zero-order valence-electron chi connectivity index (χ0n) is 24.4. The molecular weight excluding hydrogens is 576 g/mol. The Morgan fingerprint density at radius 2 is 1.64 bits per heavy atom. The maximum absolute atomic E-state index is 13.0. The minimum absolute atomic E-state index is 0.0177. The molecule has 12 nitrogen and oxygen atoms in total. The fraction of sp³-hybridized carbons (Fsp3) is 0.690. The molecule has 13 heteroatoms. The standard InChI is InChI=1S/C29H37ClO12/c1-8-20(34)41-19-10-9-13(2)21(30)24-29(36,14(3)26(35)42-24)25(40-17(6)33)22-27(19,7)23(39-16(5)32)18(38-15(4)31)11-28(22)12-37-28/h9-10,14,18-19,21-25,36H,2,8,11-12H2,1,3-7H3/b10-9+/t14-,18-,19-,21-,22+,23-,24-,25-,27+,28-,29-/m0/s1. The number of aliphatic hydroxyl groups is 1. The lowest BCUT2D eigenvalue weighted by molar-refractivity contribution is -0.257. The van der Waals surface area contributed by atoms with Crippen LogP contribution in [0.1, 0.15) is 54.4 Å². The first-order valence-corrected chi connectivity index (χ1v) is 14.3. The van der Waals surface area contributed by atoms with Crippen molar-refractivity contribution in [3.8, 4) is 0 Å². The van der Waals surface area contributed by atoms with Crippen LogP contribution >= 0.6 is 11.6 Å². The van der Waals surface area contributed by atoms with Crippen molar-refractivity contribution in [2.24, 2.45) is 17.3 Å². The van der Waals surface area contributed by atoms with Crippen molar-refractivity contribution in [3.05, 3.63) is 24.3 Å². The van der Waals surface area contributed by atoms with E-state index >= 15 is 0 Å². The van der Waals surface area contributed by atoms with Gasteiger partial charge in [0.05, 0.1) is 23.3 Å². The maximum Gasteiger partial charge on any atom is 0.312 e. The van der Waals surface area contributed by atoms with E-state index in [2.05, 4.69) is 6.58 Å². The Kier molecular flexibility index (Phi) is 8.58. The molecule has 0 radical (unpaired) electrons. The summed E-state index contributed by atoms with van der Waals surface area (Å²) in [6.45, 7) is 12.2. The summed E-state index contributed by atoms with van der Waals surface area (Å²) in [5.41, 5.74) is -4.90. The highest BCUT2D eigenvalue weighted by Gasteiger charge is 2.77. The van der Waals surface area contributed by atoms with Crippen molar-refractivity contribution in [3.63, 3.8) is 0 Å². The molecule has 0 aromatic carbocycles. The summed E-state index contributed by atoms with van der Waals surface area (Å²) in [5, 5.41) is 11.4. The van der Waals surface area contributed by atoms with Gasteiger partial charge in [0.1, 0.15) is 30.0 Å². The smallest absolute Gasteiger partial charge is 0.312 e. The summed E-state index contributed by atoms with van der Waals surface area (Å²) in [6, 6.07) is 0. The lowest BCUT2D eigenvalue weighted by atomic mass is 9.52. The second-order valence-corrected chi connectivity index (χ2v) is 12.1. The molecule has 0 aromatic rings. The highest BCUT2D eigenvalue weighted by Crippen LogP contribution is 2.62. The molecule has 1 N–H and O–H groups in total. The van der Waals surface area contributed by atoms with Crippen LogP contribution in [0.3, 0.4) is 0 Å². The van der Waals surface area contributed by atoms with Crippen LogP contribution in [0.5, 0.6) is 0 Å². The Hall–Kier alpha value is -2.96. The van der Waals surface area contributed by atoms with E-state index < -0.39 is 94.2 Å². The number of hydrogen-bond acceptors (Lipinski definition) is 12. The van der Waals surface area contributed by atoms with Crippen LogP contribution in [0, 0.1) is 17.3 Å². The van der Waals surface area contributed by atoms with Crippen LogP contribution in [0.15, 0.2) is 24.3 Å². The second kappa shape index (κ2) is 11.3. The number of carbonyl (C=O) groups is 5. The number of epoxide rings is 1. The van der Waals surface area contributed by atoms with E-state index in [1.807, 2.05) is 0 Å². The number of hydrogen-bond donors (Lipinski definition) is 1. The normalized spacial score (nSPS) is 43.2. The van der Waals surface area contributed by atoms with E-state index in [9.17, 15) is 29.1 Å². The Balaban J connectivity index is 2.09. The fourth-order valence-electron chi connectivity index (χ4n) is 6.91. The van der Waals surface area contributed by atoms with E-state index in [1.54, 1.807) is 13.8 Å². The van der Waals surface area contributed by atoms with Gasteiger partial charge in [-0.25, -0.2) is 0 Å². The molecule has 0 bridgehead atoms. The molecule has 4 rings (SSSR count). The van der Waals surface area contributed by atoms with Gasteiger partial charge in [-0.1, -0.05) is 26.5 Å². The van der Waals surface area contributed by atoms with Gasteiger partial charge in [0, 0.05) is 39.5 Å². The minimum atomic E-state index is -2.25. The molecule has 0 amide bonds. The van der Waals surface area contributed by atoms with Gasteiger partial charge in [-0.05, 0) is 18.6 Å². The molecule has 2 aliphatic heterocycles. The average molecular weight is 613 g/mol. The van der Waals surface area contributed by atoms with Crippen LogP contribution in [0.25, 0.3) is 0 Å². The number of halogens is 1. The van der Waals surface area contributed by atoms with Gasteiger partial charge in [0.15, 0.2) is 11.7 Å². The molecule has 2 heterocycles. The van der Waals surface area contributed by atoms with Gasteiger partial charge in [-0.15, -0.1) is 11.6 Å². The van der Waals surface area contributed by atoms with E-state index in [-0.39, 0.29) is 25.0 Å². The molecule has 0 aromatic heterocycles. The number of ether oxygens (including phenoxy) is 6. The Bertz CT molecular complexity index is 1210. The van der Waals surface area contributed by atoms with Gasteiger partial charge >= 0.3 is 29.8 Å². The molecule has 1 spiro atoms. The molecule has 2 saturated heterocycles. The van der Waals surface area contributed by atoms with Crippen molar-refractivity contribution in [2.75, 3.05) is 6.61 Å². The number of rotatable bonds is 5. The molecule has 11 atom stereocenters. The SMILES string of the molecule is C=C1/C=C/[C@H](OC(=O)CC)[C@@]2(C)[C@@H](OC(C)=O)[C@@H](OC(C)=O)C[C@]3(CO3)[C@@H]2[C@H](OC(C)=O)[C@]2(O)[C@@H](C)C(=O)O[C@H]2[C@H]1Cl. The third kappa shape index (κ3) is 5.22. The molecule has 232 valence electrons. The highest BCUT2D eigenvalue weighted by atomic mass is 35.5. The highest BCUT2D eigenvalue weighted by molar-refractivity contribution is 6.23. The van der Waals surface area contributed by atoms with Crippen LogP contribution in [0.2, 0.25) is 0 Å². The predicted octanol–water partition coefficient (Wildman–Crippen LogP) is 1.92. The summed E-state index contributed by atoms with van der Waals surface area (Å²) in [4.78, 5) is 63.3. The van der Waals surface area contributed by atoms with Crippen molar-refractivity contribution < 1.29 is 57.5 Å². The first kappa shape index (κ1) is 32.0. The summed E-state index contributed by atoms with van der Waals surface area (Å²) in [7, 11) is 0. The van der Waals surface area contributed by atoms with Crippen LogP contribution in [-0.4, -0.2) is 88.7 Å². The van der Waals surface area contributed by atoms with Crippen LogP contribution in [-0.2, 0) is 52.4 Å². The summed E-state index contributed by atoms with van der Waals surface area (Å²) in [6.07, 6.45) is -3.70. The molecular formula is C29H37ClO12. The van der Waals surface area contributed by atoms with E-state index in [1.165, 1.54) is 32.9 Å². The van der Waals surface area contributed by atoms with Crippen molar-refractivity contribution in [2.45, 2.75) is 101 Å². The molecule has 0 unspecified atom stereocenters. The molecule has 3 fully saturated rings. The monoisotopic (exact) mass is 612 g/mol. The Morgan fingerprint density at radius 1 is 1.07 bits per heavy atom. The lowest BCUT2D eigenvalue weighted by Gasteiger charge is -2.57. The van der Waals surface area contributed by atoms with Gasteiger partial charge in [-0.2, -0.15) is 0 Å². The third-order valence-corrected chi connectivity index (χ3v) is 9.43. The van der Waals surface area contributed by atoms with Crippen molar-refractivity contribution in [1.29, 1.82) is 0 Å². The average Bonchev–Trinajstić information content (AvgIpc) is 3.62. The third-order valence-electron chi connectivity index (χ3n) is 8.92. The molecule has 4 aliphatic rings. The fourth-order valence-corrected chi connectivity index (χ4v) is 7.24. The number of alkyl halides is 1. The van der Waals surface area contributed by atoms with E-state index in [0.29, 0.717) is 0 Å². The Morgan fingerprint density at radius 3 is 2.17 bits per heavy atom. The number of fused-ring (bicyclic) bond motifs is 3. The van der Waals surface area contributed by atoms with Crippen molar-refractivity contribution >= 4 is 41.4 Å². The van der Waals surface area contributed by atoms with Gasteiger partial charge < -0.3 is 33.5 Å². The summed E-state index contributed by atoms with van der Waals surface area (Å²) >= 11 is 6.75. The molecule has 42 heavy (non-hydrogen) atoms. The first-order chi connectivity index (χ1) is 19.5. The van der Waals surface area contributed by atoms with E-state index in [0.717, 1.165) is 6.92 Å². The summed E-state index contributed by atoms with van der Waals surface area (Å²) in [5.74, 6) is -5.97. The van der Waals surface area contributed by atoms with Gasteiger partial charge in [0.2, 0.25) is 0 Å². The van der Waals surface area contributed by atoms with Gasteiger partial charge in [0.25, 0.3) is 0 Å². The topological polar surface area (TPSA) is 164 Å². The molecule has 1 saturated carbocycles. The first-order valence-electron chi connectivity index (χ1n) is 13.8. The predicted molar refractivity (Wildman–Crippen MR) is 144 cm³/mol. The lowest BCUT2D eigenvalue weighted by Crippen LogP contribution is -2.72. The largest absolute Gasteiger partial charge is 0.459 e. The molecule has 2 aliphatic carbocycles. The quantitative estimate of drug-likeness (QED) is 0.208. The van der Waals surface area contributed by atoms with Crippen molar-refractivity contribution in [1.82, 2.24) is 0 Å². The Labute approximate surface area is 248 Å². The maximum atomic E-state index is 13.0. The summed E-state index contributed by atoms with van der Waals surface area (Å²) < 4.78 is 35.0. The van der Waals surface area contributed by atoms with Crippen LogP contribution < -0.4 is 0 Å². The van der Waals surface area contributed by atoms with Gasteiger partial charge in [-0.3, -0.25) is 24.0 Å². The van der Waals surface area contributed by atoms with Crippen LogP contribution in [0.4, 0.5) is 0 Å².